The van der Waals surface area contributed by atoms with Crippen LogP contribution in [-0.4, -0.2) is 41.0 Å². The van der Waals surface area contributed by atoms with Gasteiger partial charge in [-0.1, -0.05) is 22.6 Å². The van der Waals surface area contributed by atoms with E-state index in [9.17, 15) is 0 Å². The first kappa shape index (κ1) is 13.7. The molecular weight excluding hydrogens is 308 g/mol. The van der Waals surface area contributed by atoms with Gasteiger partial charge in [0.2, 0.25) is 0 Å². The maximum Gasteiger partial charge on any atom is 0.189 e. The number of hydrogen-bond donors (Lipinski definition) is 1. The van der Waals surface area contributed by atoms with Crippen molar-refractivity contribution in [1.29, 1.82) is 0 Å². The SMILES string of the molecule is Cc1ccc2nc(NC3=NOC4(C3)CN3CCC4CC3)sc2c1. The number of oxime groups is 1. The van der Waals surface area contributed by atoms with E-state index in [-0.39, 0.29) is 5.60 Å². The summed E-state index contributed by atoms with van der Waals surface area (Å²) in [6.07, 6.45) is 3.36. The fourth-order valence-electron chi connectivity index (χ4n) is 4.20. The number of aryl methyl sites for hydroxylation is 1. The van der Waals surface area contributed by atoms with Gasteiger partial charge in [0.05, 0.1) is 16.6 Å². The van der Waals surface area contributed by atoms with E-state index < -0.39 is 0 Å². The Bertz CT molecular complexity index is 793. The van der Waals surface area contributed by atoms with Gasteiger partial charge in [0.15, 0.2) is 16.6 Å². The average molecular weight is 328 g/mol. The highest BCUT2D eigenvalue weighted by Crippen LogP contribution is 2.43. The van der Waals surface area contributed by atoms with Crippen molar-refractivity contribution in [3.8, 4) is 0 Å². The number of fused-ring (bicyclic) bond motifs is 3. The number of nitrogens with zero attached hydrogens (tertiary/aromatic N) is 3. The summed E-state index contributed by atoms with van der Waals surface area (Å²) in [4.78, 5) is 13.1. The second-order valence-electron chi connectivity index (χ2n) is 7.04. The maximum absolute atomic E-state index is 5.95. The highest BCUT2D eigenvalue weighted by molar-refractivity contribution is 7.22. The molecule has 0 amide bonds. The van der Waals surface area contributed by atoms with Crippen molar-refractivity contribution in [2.24, 2.45) is 11.1 Å². The topological polar surface area (TPSA) is 49.8 Å². The van der Waals surface area contributed by atoms with Gasteiger partial charge in [0.1, 0.15) is 0 Å². The molecule has 23 heavy (non-hydrogen) atoms. The summed E-state index contributed by atoms with van der Waals surface area (Å²) >= 11 is 1.68. The zero-order valence-electron chi connectivity index (χ0n) is 13.2. The van der Waals surface area contributed by atoms with Gasteiger partial charge < -0.3 is 10.2 Å². The lowest BCUT2D eigenvalue weighted by Gasteiger charge is -2.49. The van der Waals surface area contributed by atoms with Crippen LogP contribution in [0.4, 0.5) is 5.13 Å². The summed E-state index contributed by atoms with van der Waals surface area (Å²) in [5.41, 5.74) is 2.21. The molecule has 1 unspecified atom stereocenters. The van der Waals surface area contributed by atoms with Crippen molar-refractivity contribution in [3.05, 3.63) is 23.8 Å². The summed E-state index contributed by atoms with van der Waals surface area (Å²) in [7, 11) is 0. The van der Waals surface area contributed by atoms with Crippen molar-refractivity contribution in [2.75, 3.05) is 25.0 Å². The van der Waals surface area contributed by atoms with Crippen LogP contribution < -0.4 is 5.32 Å². The summed E-state index contributed by atoms with van der Waals surface area (Å²) in [6.45, 7) is 5.56. The monoisotopic (exact) mass is 328 g/mol. The minimum Gasteiger partial charge on any atom is -0.386 e. The molecule has 3 fully saturated rings. The largest absolute Gasteiger partial charge is 0.386 e. The Balaban J connectivity index is 1.35. The summed E-state index contributed by atoms with van der Waals surface area (Å²) in [6, 6.07) is 6.36. The van der Waals surface area contributed by atoms with Crippen LogP contribution >= 0.6 is 11.3 Å². The molecule has 2 aromatic rings. The van der Waals surface area contributed by atoms with E-state index in [4.69, 9.17) is 4.84 Å². The second kappa shape index (κ2) is 4.92. The molecule has 6 heteroatoms. The van der Waals surface area contributed by atoms with Crippen LogP contribution in [0, 0.1) is 12.8 Å². The molecule has 0 radical (unpaired) electrons. The van der Waals surface area contributed by atoms with E-state index in [2.05, 4.69) is 45.5 Å². The fraction of sp³-hybridized carbons (Fsp3) is 0.529. The van der Waals surface area contributed by atoms with Crippen LogP contribution in [0.25, 0.3) is 10.2 Å². The van der Waals surface area contributed by atoms with E-state index in [1.165, 1.54) is 36.2 Å². The third-order valence-corrected chi connectivity index (χ3v) is 6.36. The van der Waals surface area contributed by atoms with Gasteiger partial charge in [-0.05, 0) is 50.6 Å². The second-order valence-corrected chi connectivity index (χ2v) is 8.07. The number of amidine groups is 1. The quantitative estimate of drug-likeness (QED) is 0.873. The van der Waals surface area contributed by atoms with Gasteiger partial charge in [-0.15, -0.1) is 0 Å². The van der Waals surface area contributed by atoms with Crippen LogP contribution in [0.2, 0.25) is 0 Å². The van der Waals surface area contributed by atoms with Crippen molar-refractivity contribution in [3.63, 3.8) is 0 Å². The standard InChI is InChI=1S/C17H20N4OS/c1-11-2-3-13-14(8-11)23-16(18-13)19-15-9-17(22-20-15)10-21-6-4-12(17)5-7-21/h2-3,8,12H,4-7,9-10H2,1H3,(H,18,19,20). The number of aromatic nitrogens is 1. The van der Waals surface area contributed by atoms with E-state index in [0.29, 0.717) is 5.92 Å². The smallest absolute Gasteiger partial charge is 0.189 e. The zero-order valence-corrected chi connectivity index (χ0v) is 14.0. The average Bonchev–Trinajstić information content (AvgIpc) is 3.12. The minimum atomic E-state index is -0.0912. The summed E-state index contributed by atoms with van der Waals surface area (Å²) in [5.74, 6) is 1.57. The fourth-order valence-corrected chi connectivity index (χ4v) is 5.18. The molecule has 4 aliphatic rings. The molecule has 1 aromatic heterocycles. The number of anilines is 1. The molecule has 2 bridgehead atoms. The molecule has 1 N–H and O–H groups in total. The van der Waals surface area contributed by atoms with Crippen LogP contribution in [0.3, 0.4) is 0 Å². The van der Waals surface area contributed by atoms with Crippen LogP contribution in [0.15, 0.2) is 23.4 Å². The Labute approximate surface area is 139 Å². The lowest BCUT2D eigenvalue weighted by atomic mass is 9.73. The lowest BCUT2D eigenvalue weighted by Crippen LogP contribution is -2.59. The van der Waals surface area contributed by atoms with Gasteiger partial charge in [-0.25, -0.2) is 4.98 Å². The van der Waals surface area contributed by atoms with Crippen LogP contribution in [-0.2, 0) is 4.84 Å². The van der Waals surface area contributed by atoms with Gasteiger partial charge in [0, 0.05) is 12.5 Å². The van der Waals surface area contributed by atoms with Crippen LogP contribution in [0.1, 0.15) is 24.8 Å². The van der Waals surface area contributed by atoms with Crippen molar-refractivity contribution in [2.45, 2.75) is 31.8 Å². The lowest BCUT2D eigenvalue weighted by molar-refractivity contribution is -0.136. The van der Waals surface area contributed by atoms with Gasteiger partial charge in [-0.3, -0.25) is 4.90 Å². The number of piperidine rings is 3. The Morgan fingerprint density at radius 1 is 1.35 bits per heavy atom. The van der Waals surface area contributed by atoms with Gasteiger partial charge in [-0.2, -0.15) is 0 Å². The maximum atomic E-state index is 5.95. The molecule has 0 saturated carbocycles. The molecule has 5 heterocycles. The van der Waals surface area contributed by atoms with Gasteiger partial charge in [0.25, 0.3) is 0 Å². The van der Waals surface area contributed by atoms with Gasteiger partial charge >= 0.3 is 0 Å². The Hall–Kier alpha value is -1.66. The third-order valence-electron chi connectivity index (χ3n) is 5.42. The predicted molar refractivity (Wildman–Crippen MR) is 93.0 cm³/mol. The van der Waals surface area contributed by atoms with E-state index in [1.54, 1.807) is 11.3 Å². The molecular formula is C17H20N4OS. The molecule has 1 spiro atoms. The first-order valence-corrected chi connectivity index (χ1v) is 9.13. The molecule has 120 valence electrons. The Morgan fingerprint density at radius 2 is 2.22 bits per heavy atom. The predicted octanol–water partition coefficient (Wildman–Crippen LogP) is 3.21. The highest BCUT2D eigenvalue weighted by Gasteiger charge is 2.52. The molecule has 1 aromatic carbocycles. The Kier molecular flexibility index (Phi) is 2.94. The summed E-state index contributed by atoms with van der Waals surface area (Å²) < 4.78 is 1.21. The summed E-state index contributed by atoms with van der Waals surface area (Å²) in [5, 5.41) is 8.66. The third kappa shape index (κ3) is 2.23. The van der Waals surface area contributed by atoms with Crippen LogP contribution in [0.5, 0.6) is 0 Å². The molecule has 0 aliphatic carbocycles. The molecule has 6 rings (SSSR count). The van der Waals surface area contributed by atoms with Crippen molar-refractivity contribution >= 4 is 32.5 Å². The van der Waals surface area contributed by atoms with Crippen molar-refractivity contribution in [1.82, 2.24) is 9.88 Å². The number of benzene rings is 1. The molecule has 5 nitrogen and oxygen atoms in total. The number of nitrogens with one attached hydrogen (secondary N) is 1. The number of thiazole rings is 1. The molecule has 1 atom stereocenters. The Morgan fingerprint density at radius 3 is 3.00 bits per heavy atom. The van der Waals surface area contributed by atoms with E-state index in [1.807, 2.05) is 0 Å². The first-order valence-electron chi connectivity index (χ1n) is 8.32. The number of hydrogen-bond acceptors (Lipinski definition) is 6. The normalized spacial score (nSPS) is 32.3. The first-order chi connectivity index (χ1) is 11.2. The molecule has 4 aliphatic heterocycles. The van der Waals surface area contributed by atoms with Crippen molar-refractivity contribution < 1.29 is 4.84 Å². The highest BCUT2D eigenvalue weighted by atomic mass is 32.1. The zero-order chi connectivity index (χ0) is 15.4. The number of rotatable bonds is 1. The molecule has 3 saturated heterocycles. The van der Waals surface area contributed by atoms with E-state index in [0.717, 1.165) is 29.4 Å². The van der Waals surface area contributed by atoms with E-state index >= 15 is 0 Å². The minimum absolute atomic E-state index is 0.0912.